The van der Waals surface area contributed by atoms with E-state index in [-0.39, 0.29) is 17.5 Å². The first-order chi connectivity index (χ1) is 18.5. The van der Waals surface area contributed by atoms with Crippen LogP contribution in [0.4, 0.5) is 11.5 Å². The summed E-state index contributed by atoms with van der Waals surface area (Å²) in [5.41, 5.74) is 8.59. The Morgan fingerprint density at radius 2 is 2.03 bits per heavy atom. The van der Waals surface area contributed by atoms with Crippen molar-refractivity contribution in [2.45, 2.75) is 38.4 Å². The number of benzene rings is 1. The molecule has 0 saturated carbocycles. The van der Waals surface area contributed by atoms with Crippen LogP contribution in [-0.2, 0) is 17.8 Å². The first-order valence-electron chi connectivity index (χ1n) is 12.3. The van der Waals surface area contributed by atoms with Crippen LogP contribution in [0.25, 0.3) is 21.5 Å². The lowest BCUT2D eigenvalue weighted by Crippen LogP contribution is -2.36. The lowest BCUT2D eigenvalue weighted by atomic mass is 10.2. The summed E-state index contributed by atoms with van der Waals surface area (Å²) in [7, 11) is 0. The normalized spacial score (nSPS) is 15.3. The van der Waals surface area contributed by atoms with E-state index < -0.39 is 6.04 Å². The number of carbonyl (C=O) groups excluding carboxylic acids is 1. The number of aromatic nitrogens is 5. The number of rotatable bonds is 7. The highest BCUT2D eigenvalue weighted by molar-refractivity contribution is 7.15. The second kappa shape index (κ2) is 9.75. The first-order valence-corrected chi connectivity index (χ1v) is 13.2. The summed E-state index contributed by atoms with van der Waals surface area (Å²) in [6.45, 7) is 2.28. The molecule has 1 aliphatic rings. The Labute approximate surface area is 222 Å². The number of H-pyrrole nitrogens is 1. The van der Waals surface area contributed by atoms with Crippen LogP contribution in [0.15, 0.2) is 65.8 Å². The maximum atomic E-state index is 13.4. The van der Waals surface area contributed by atoms with E-state index in [4.69, 9.17) is 5.73 Å². The number of aromatic amines is 1. The largest absolute Gasteiger partial charge is 0.384 e. The number of nitrogens with zero attached hydrogens (tertiary/aromatic N) is 4. The van der Waals surface area contributed by atoms with Gasteiger partial charge in [0.25, 0.3) is 5.56 Å². The standard InChI is InChI=1S/C27H26N8O2S/c1-15(22-14-32-26(38-22)16-5-3-2-4-6-16)33-20-13-30-24-8-7-21(35(24)27(20)37)25(36)31-12-18-9-17-11-29-23(28)10-19(17)34-18/h2-6,9-11,13-15,21,33-34H,7-8,12H2,1H3,(H2,28,29)(H,31,36). The van der Waals surface area contributed by atoms with E-state index >= 15 is 0 Å². The van der Waals surface area contributed by atoms with Gasteiger partial charge in [-0.05, 0) is 19.4 Å². The molecule has 0 spiro atoms. The monoisotopic (exact) mass is 526 g/mol. The van der Waals surface area contributed by atoms with E-state index in [1.165, 1.54) is 4.57 Å². The smallest absolute Gasteiger partial charge is 0.277 e. The summed E-state index contributed by atoms with van der Waals surface area (Å²) in [5.74, 6) is 0.823. The molecule has 5 heterocycles. The van der Waals surface area contributed by atoms with Crippen LogP contribution in [-0.4, -0.2) is 30.4 Å². The Morgan fingerprint density at radius 1 is 1.18 bits per heavy atom. The molecule has 4 aromatic heterocycles. The Kier molecular flexibility index (Phi) is 6.12. The number of thiazole rings is 1. The van der Waals surface area contributed by atoms with Gasteiger partial charge in [-0.1, -0.05) is 30.3 Å². The number of amides is 1. The van der Waals surface area contributed by atoms with Gasteiger partial charge in [-0.2, -0.15) is 0 Å². The Balaban J connectivity index is 1.16. The van der Waals surface area contributed by atoms with Crippen LogP contribution in [0.5, 0.6) is 0 Å². The predicted molar refractivity (Wildman–Crippen MR) is 148 cm³/mol. The van der Waals surface area contributed by atoms with E-state index in [9.17, 15) is 9.59 Å². The zero-order valence-electron chi connectivity index (χ0n) is 20.6. The third-order valence-corrected chi connectivity index (χ3v) is 7.93. The Bertz CT molecular complexity index is 1690. The first kappa shape index (κ1) is 23.9. The van der Waals surface area contributed by atoms with Crippen molar-refractivity contribution in [1.82, 2.24) is 29.8 Å². The molecule has 1 aromatic carbocycles. The highest BCUT2D eigenvalue weighted by Gasteiger charge is 2.31. The van der Waals surface area contributed by atoms with Gasteiger partial charge in [0.05, 0.1) is 24.3 Å². The lowest BCUT2D eigenvalue weighted by molar-refractivity contribution is -0.124. The Hall–Kier alpha value is -4.51. The van der Waals surface area contributed by atoms with Gasteiger partial charge in [-0.3, -0.25) is 14.2 Å². The number of nitrogens with one attached hydrogen (secondary N) is 3. The quantitative estimate of drug-likeness (QED) is 0.252. The number of carbonyl (C=O) groups is 1. The van der Waals surface area contributed by atoms with Crippen molar-refractivity contribution < 1.29 is 4.79 Å². The van der Waals surface area contributed by atoms with Crippen LogP contribution in [0.1, 0.15) is 41.8 Å². The third-order valence-electron chi connectivity index (χ3n) is 6.70. The summed E-state index contributed by atoms with van der Waals surface area (Å²) in [5, 5.41) is 8.07. The second-order valence-corrected chi connectivity index (χ2v) is 10.4. The molecule has 1 amide bonds. The predicted octanol–water partition coefficient (Wildman–Crippen LogP) is 3.80. The molecule has 5 N–H and O–H groups in total. The minimum atomic E-state index is -0.614. The van der Waals surface area contributed by atoms with Crippen LogP contribution < -0.4 is 21.9 Å². The van der Waals surface area contributed by atoms with Crippen molar-refractivity contribution in [1.29, 1.82) is 0 Å². The molecular weight excluding hydrogens is 500 g/mol. The summed E-state index contributed by atoms with van der Waals surface area (Å²) < 4.78 is 1.52. The minimum absolute atomic E-state index is 0.155. The average molecular weight is 527 g/mol. The van der Waals surface area contributed by atoms with E-state index in [1.54, 1.807) is 29.8 Å². The molecule has 38 heavy (non-hydrogen) atoms. The molecule has 2 unspecified atom stereocenters. The number of nitrogens with two attached hydrogens (primary N) is 1. The molecule has 1 aliphatic heterocycles. The number of fused-ring (bicyclic) bond motifs is 2. The SMILES string of the molecule is CC(Nc1cnc2n(c1=O)C(C(=O)NCc1cc3cnc(N)cc3[nH]1)CC2)c1cnc(-c2ccccc2)s1. The van der Waals surface area contributed by atoms with Gasteiger partial charge in [0.1, 0.15) is 28.4 Å². The Morgan fingerprint density at radius 3 is 2.87 bits per heavy atom. The number of pyridine rings is 1. The molecule has 2 atom stereocenters. The minimum Gasteiger partial charge on any atom is -0.384 e. The van der Waals surface area contributed by atoms with Gasteiger partial charge in [0.2, 0.25) is 5.91 Å². The zero-order valence-corrected chi connectivity index (χ0v) is 21.5. The fourth-order valence-electron chi connectivity index (χ4n) is 4.76. The van der Waals surface area contributed by atoms with Crippen molar-refractivity contribution in [2.24, 2.45) is 0 Å². The van der Waals surface area contributed by atoms with Crippen molar-refractivity contribution in [3.05, 3.63) is 87.8 Å². The van der Waals surface area contributed by atoms with E-state index in [1.807, 2.05) is 49.5 Å². The van der Waals surface area contributed by atoms with Gasteiger partial charge >= 0.3 is 0 Å². The van der Waals surface area contributed by atoms with Crippen molar-refractivity contribution >= 4 is 39.7 Å². The van der Waals surface area contributed by atoms with E-state index in [2.05, 4.69) is 30.6 Å². The van der Waals surface area contributed by atoms with Crippen molar-refractivity contribution in [3.63, 3.8) is 0 Å². The summed E-state index contributed by atoms with van der Waals surface area (Å²) in [6.07, 6.45) is 6.17. The highest BCUT2D eigenvalue weighted by atomic mass is 32.1. The summed E-state index contributed by atoms with van der Waals surface area (Å²) >= 11 is 1.58. The molecule has 0 radical (unpaired) electrons. The van der Waals surface area contributed by atoms with Gasteiger partial charge in [0, 0.05) is 46.4 Å². The number of anilines is 2. The fraction of sp³-hybridized carbons (Fsp3) is 0.222. The van der Waals surface area contributed by atoms with E-state index in [0.717, 1.165) is 32.0 Å². The maximum absolute atomic E-state index is 13.4. The zero-order chi connectivity index (χ0) is 26.2. The van der Waals surface area contributed by atoms with Crippen LogP contribution in [0.3, 0.4) is 0 Å². The molecule has 5 aromatic rings. The van der Waals surface area contributed by atoms with E-state index in [0.29, 0.717) is 36.7 Å². The summed E-state index contributed by atoms with van der Waals surface area (Å²) in [6, 6.07) is 12.9. The topological polar surface area (TPSA) is 144 Å². The molecule has 0 fully saturated rings. The number of nitrogen functional groups attached to an aromatic ring is 1. The second-order valence-electron chi connectivity index (χ2n) is 9.33. The number of hydrogen-bond acceptors (Lipinski definition) is 8. The molecule has 0 bridgehead atoms. The molecule has 6 rings (SSSR count). The van der Waals surface area contributed by atoms with Crippen LogP contribution in [0, 0.1) is 0 Å². The molecule has 0 aliphatic carbocycles. The lowest BCUT2D eigenvalue weighted by Gasteiger charge is -2.17. The van der Waals surface area contributed by atoms with Crippen LogP contribution in [0.2, 0.25) is 0 Å². The van der Waals surface area contributed by atoms with Crippen molar-refractivity contribution in [3.8, 4) is 10.6 Å². The van der Waals surface area contributed by atoms with Gasteiger partial charge in [-0.15, -0.1) is 11.3 Å². The van der Waals surface area contributed by atoms with Gasteiger partial charge in [-0.25, -0.2) is 15.0 Å². The fourth-order valence-corrected chi connectivity index (χ4v) is 5.68. The average Bonchev–Trinajstić information content (AvgIpc) is 3.67. The number of hydrogen-bond donors (Lipinski definition) is 4. The van der Waals surface area contributed by atoms with Gasteiger partial charge in [0.15, 0.2) is 0 Å². The molecular formula is C27H26N8O2S. The molecule has 0 saturated heterocycles. The summed E-state index contributed by atoms with van der Waals surface area (Å²) in [4.78, 5) is 43.9. The van der Waals surface area contributed by atoms with Crippen molar-refractivity contribution in [2.75, 3.05) is 11.1 Å². The number of aryl methyl sites for hydroxylation is 1. The molecule has 11 heteroatoms. The van der Waals surface area contributed by atoms with Crippen LogP contribution >= 0.6 is 11.3 Å². The third kappa shape index (κ3) is 4.52. The molecule has 192 valence electrons. The van der Waals surface area contributed by atoms with Gasteiger partial charge < -0.3 is 21.4 Å². The maximum Gasteiger partial charge on any atom is 0.277 e. The molecule has 10 nitrogen and oxygen atoms in total. The highest BCUT2D eigenvalue weighted by Crippen LogP contribution is 2.30.